The van der Waals surface area contributed by atoms with E-state index in [9.17, 15) is 0 Å². The summed E-state index contributed by atoms with van der Waals surface area (Å²) in [6.07, 6.45) is 7.51. The molecule has 0 atom stereocenters. The number of aromatic nitrogens is 2. The highest BCUT2D eigenvalue weighted by molar-refractivity contribution is 5.01. The molecule has 0 N–H and O–H groups in total. The lowest BCUT2D eigenvalue weighted by Gasteiger charge is -1.92. The van der Waals surface area contributed by atoms with Crippen LogP contribution in [0.25, 0.3) is 0 Å². The normalized spacial score (nSPS) is 9.44. The van der Waals surface area contributed by atoms with Gasteiger partial charge in [-0.15, -0.1) is 0 Å². The summed E-state index contributed by atoms with van der Waals surface area (Å²) >= 11 is 0. The summed E-state index contributed by atoms with van der Waals surface area (Å²) in [5.41, 5.74) is 1.22. The first-order chi connectivity index (χ1) is 4.43. The largest absolute Gasteiger partial charge is 0.245 e. The molecule has 0 spiro atoms. The molecular formula is C7H10N2. The van der Waals surface area contributed by atoms with Crippen LogP contribution in [0, 0.1) is 0 Å². The van der Waals surface area contributed by atoms with Gasteiger partial charge >= 0.3 is 0 Å². The summed E-state index contributed by atoms with van der Waals surface area (Å²) in [6.45, 7) is 2.15. The van der Waals surface area contributed by atoms with Crippen LogP contribution in [0.1, 0.15) is 18.9 Å². The molecule has 0 fully saturated rings. The minimum absolute atomic E-state index is 1.08. The predicted octanol–water partition coefficient (Wildman–Crippen LogP) is 1.43. The van der Waals surface area contributed by atoms with Gasteiger partial charge in [-0.25, -0.2) is 9.97 Å². The van der Waals surface area contributed by atoms with E-state index in [-0.39, 0.29) is 0 Å². The molecule has 9 heavy (non-hydrogen) atoms. The molecule has 2 nitrogen and oxygen atoms in total. The Kier molecular flexibility index (Phi) is 2.19. The van der Waals surface area contributed by atoms with E-state index in [1.165, 1.54) is 5.56 Å². The highest BCUT2D eigenvalue weighted by Gasteiger charge is 1.86. The second-order valence-electron chi connectivity index (χ2n) is 2.00. The van der Waals surface area contributed by atoms with Crippen molar-refractivity contribution in [3.05, 3.63) is 24.3 Å². The van der Waals surface area contributed by atoms with Crippen molar-refractivity contribution >= 4 is 0 Å². The minimum Gasteiger partial charge on any atom is -0.245 e. The molecule has 0 saturated heterocycles. The number of hydrogen-bond acceptors (Lipinski definition) is 2. The zero-order chi connectivity index (χ0) is 6.53. The molecule has 0 aliphatic heterocycles. The molecule has 1 aromatic rings. The number of nitrogens with zero attached hydrogens (tertiary/aromatic N) is 2. The van der Waals surface area contributed by atoms with Crippen molar-refractivity contribution in [1.82, 2.24) is 9.97 Å². The van der Waals surface area contributed by atoms with Gasteiger partial charge in [0.25, 0.3) is 0 Å². The third-order valence-electron chi connectivity index (χ3n) is 1.15. The van der Waals surface area contributed by atoms with Crippen LogP contribution in [0.15, 0.2) is 18.7 Å². The molecule has 1 aromatic heterocycles. The van der Waals surface area contributed by atoms with Crippen LogP contribution in [-0.4, -0.2) is 9.97 Å². The van der Waals surface area contributed by atoms with Crippen molar-refractivity contribution in [3.8, 4) is 0 Å². The van der Waals surface area contributed by atoms with E-state index in [1.807, 2.05) is 12.4 Å². The second kappa shape index (κ2) is 3.17. The van der Waals surface area contributed by atoms with Crippen LogP contribution in [0.5, 0.6) is 0 Å². The van der Waals surface area contributed by atoms with Gasteiger partial charge in [-0.05, 0) is 12.0 Å². The molecule has 0 aromatic carbocycles. The Hall–Kier alpha value is -0.920. The average Bonchev–Trinajstić information content (AvgIpc) is 1.91. The highest BCUT2D eigenvalue weighted by atomic mass is 14.8. The summed E-state index contributed by atoms with van der Waals surface area (Å²) in [5.74, 6) is 0. The van der Waals surface area contributed by atoms with Crippen molar-refractivity contribution in [3.63, 3.8) is 0 Å². The van der Waals surface area contributed by atoms with E-state index >= 15 is 0 Å². The maximum absolute atomic E-state index is 3.89. The van der Waals surface area contributed by atoms with E-state index in [0.717, 1.165) is 12.8 Å². The Morgan fingerprint density at radius 2 is 2.00 bits per heavy atom. The van der Waals surface area contributed by atoms with Gasteiger partial charge in [0.1, 0.15) is 6.33 Å². The Balaban J connectivity index is 2.61. The molecule has 0 aliphatic carbocycles. The van der Waals surface area contributed by atoms with Gasteiger partial charge in [0.05, 0.1) is 0 Å². The van der Waals surface area contributed by atoms with E-state index in [4.69, 9.17) is 0 Å². The van der Waals surface area contributed by atoms with Crippen molar-refractivity contribution < 1.29 is 0 Å². The second-order valence-corrected chi connectivity index (χ2v) is 2.00. The van der Waals surface area contributed by atoms with Crippen LogP contribution < -0.4 is 0 Å². The first kappa shape index (κ1) is 6.20. The monoisotopic (exact) mass is 122 g/mol. The number of hydrogen-bond donors (Lipinski definition) is 0. The van der Waals surface area contributed by atoms with Gasteiger partial charge in [0.2, 0.25) is 0 Å². The van der Waals surface area contributed by atoms with E-state index in [1.54, 1.807) is 6.33 Å². The van der Waals surface area contributed by atoms with E-state index in [2.05, 4.69) is 16.9 Å². The highest BCUT2D eigenvalue weighted by Crippen LogP contribution is 1.95. The molecule has 0 saturated carbocycles. The van der Waals surface area contributed by atoms with E-state index < -0.39 is 0 Å². The van der Waals surface area contributed by atoms with Gasteiger partial charge < -0.3 is 0 Å². The molecule has 0 amide bonds. The first-order valence-corrected chi connectivity index (χ1v) is 3.17. The molecular weight excluding hydrogens is 112 g/mol. The summed E-state index contributed by atoms with van der Waals surface area (Å²) in [5, 5.41) is 0. The molecule has 1 rings (SSSR count). The number of aryl methyl sites for hydroxylation is 1. The van der Waals surface area contributed by atoms with Crippen molar-refractivity contribution in [2.45, 2.75) is 19.8 Å². The lowest BCUT2D eigenvalue weighted by atomic mass is 10.2. The minimum atomic E-state index is 1.08. The lowest BCUT2D eigenvalue weighted by Crippen LogP contribution is -1.84. The molecule has 48 valence electrons. The Labute approximate surface area is 55.0 Å². The third kappa shape index (κ3) is 1.80. The van der Waals surface area contributed by atoms with Gasteiger partial charge in [-0.2, -0.15) is 0 Å². The fourth-order valence-electron chi connectivity index (χ4n) is 0.748. The Morgan fingerprint density at radius 1 is 1.33 bits per heavy atom. The van der Waals surface area contributed by atoms with Crippen molar-refractivity contribution in [2.24, 2.45) is 0 Å². The summed E-state index contributed by atoms with van der Waals surface area (Å²) < 4.78 is 0. The average molecular weight is 122 g/mol. The first-order valence-electron chi connectivity index (χ1n) is 3.17. The standard InChI is InChI=1S/C7H10N2/c1-2-3-7-4-8-6-9-5-7/h4-6H,2-3H2,1H3. The number of rotatable bonds is 2. The quantitative estimate of drug-likeness (QED) is 0.593. The maximum atomic E-state index is 3.89. The fourth-order valence-corrected chi connectivity index (χ4v) is 0.748. The van der Waals surface area contributed by atoms with Gasteiger partial charge in [0, 0.05) is 12.4 Å². The molecule has 2 heteroatoms. The van der Waals surface area contributed by atoms with Gasteiger partial charge in [0.15, 0.2) is 0 Å². The van der Waals surface area contributed by atoms with E-state index in [0.29, 0.717) is 0 Å². The van der Waals surface area contributed by atoms with Gasteiger partial charge in [-0.1, -0.05) is 13.3 Å². The van der Waals surface area contributed by atoms with Crippen LogP contribution in [-0.2, 0) is 6.42 Å². The van der Waals surface area contributed by atoms with Crippen LogP contribution in [0.3, 0.4) is 0 Å². The Bertz CT molecular complexity index is 160. The van der Waals surface area contributed by atoms with Gasteiger partial charge in [-0.3, -0.25) is 0 Å². The molecule has 0 radical (unpaired) electrons. The SMILES string of the molecule is CCCc1cncnc1. The van der Waals surface area contributed by atoms with Crippen molar-refractivity contribution in [2.75, 3.05) is 0 Å². The predicted molar refractivity (Wildman–Crippen MR) is 36.0 cm³/mol. The smallest absolute Gasteiger partial charge is 0.115 e. The van der Waals surface area contributed by atoms with Crippen molar-refractivity contribution in [1.29, 1.82) is 0 Å². The molecule has 0 unspecified atom stereocenters. The molecule has 0 bridgehead atoms. The molecule has 0 aliphatic rings. The van der Waals surface area contributed by atoms with Crippen LogP contribution in [0.4, 0.5) is 0 Å². The molecule has 1 heterocycles. The fraction of sp³-hybridized carbons (Fsp3) is 0.429. The Morgan fingerprint density at radius 3 is 2.56 bits per heavy atom. The zero-order valence-corrected chi connectivity index (χ0v) is 5.54. The summed E-state index contributed by atoms with van der Waals surface area (Å²) in [7, 11) is 0. The maximum Gasteiger partial charge on any atom is 0.115 e. The topological polar surface area (TPSA) is 25.8 Å². The van der Waals surface area contributed by atoms with Crippen LogP contribution in [0.2, 0.25) is 0 Å². The van der Waals surface area contributed by atoms with Crippen LogP contribution >= 0.6 is 0 Å². The lowest BCUT2D eigenvalue weighted by molar-refractivity contribution is 0.900. The summed E-state index contributed by atoms with van der Waals surface area (Å²) in [4.78, 5) is 7.78. The zero-order valence-electron chi connectivity index (χ0n) is 5.54. The third-order valence-corrected chi connectivity index (χ3v) is 1.15. The summed E-state index contributed by atoms with van der Waals surface area (Å²) in [6, 6.07) is 0.